The number of hydrogen-bond donors (Lipinski definition) is 1. The molecule has 0 aromatic heterocycles. The summed E-state index contributed by atoms with van der Waals surface area (Å²) in [7, 11) is 0. The number of nitrogens with two attached hydrogens (primary N) is 1. The van der Waals surface area contributed by atoms with Crippen molar-refractivity contribution >= 4 is 0 Å². The number of nitrogens with zero attached hydrogens (tertiary/aromatic N) is 1. The van der Waals surface area contributed by atoms with Crippen LogP contribution in [0.5, 0.6) is 0 Å². The second-order valence-electron chi connectivity index (χ2n) is 5.73. The van der Waals surface area contributed by atoms with Crippen molar-refractivity contribution in [2.24, 2.45) is 11.7 Å². The molecule has 2 heterocycles. The summed E-state index contributed by atoms with van der Waals surface area (Å²) in [5.41, 5.74) is 9.08. The summed E-state index contributed by atoms with van der Waals surface area (Å²) in [5, 5.41) is 0. The molecule has 0 radical (unpaired) electrons. The molecular weight excluding hydrogens is 236 g/mol. The van der Waals surface area contributed by atoms with Gasteiger partial charge in [0.25, 0.3) is 0 Å². The van der Waals surface area contributed by atoms with Crippen LogP contribution in [0.3, 0.4) is 0 Å². The van der Waals surface area contributed by atoms with E-state index in [-0.39, 0.29) is 0 Å². The van der Waals surface area contributed by atoms with Crippen LogP contribution in [0.1, 0.15) is 17.5 Å². The van der Waals surface area contributed by atoms with Crippen molar-refractivity contribution in [3.63, 3.8) is 0 Å². The highest BCUT2D eigenvalue weighted by Gasteiger charge is 2.30. The Labute approximate surface area is 115 Å². The molecule has 2 atom stereocenters. The maximum Gasteiger partial charge on any atom is 0.0510 e. The molecule has 19 heavy (non-hydrogen) atoms. The van der Waals surface area contributed by atoms with Crippen molar-refractivity contribution < 1.29 is 4.74 Å². The summed E-state index contributed by atoms with van der Waals surface area (Å²) in [6.07, 6.45) is 3.48. The fraction of sp³-hybridized carbons (Fsp3) is 0.625. The fourth-order valence-corrected chi connectivity index (χ4v) is 3.51. The lowest BCUT2D eigenvalue weighted by Crippen LogP contribution is -2.47. The molecule has 2 N–H and O–H groups in total. The SMILES string of the molecule is NCC(C1CCOC1)N1CCc2ccccc2CC1. The van der Waals surface area contributed by atoms with Gasteiger partial charge in [0, 0.05) is 38.2 Å². The van der Waals surface area contributed by atoms with Crippen LogP contribution in [0, 0.1) is 5.92 Å². The van der Waals surface area contributed by atoms with E-state index in [9.17, 15) is 0 Å². The predicted molar refractivity (Wildman–Crippen MR) is 77.2 cm³/mol. The summed E-state index contributed by atoms with van der Waals surface area (Å²) in [4.78, 5) is 2.60. The minimum atomic E-state index is 0.497. The maximum absolute atomic E-state index is 6.04. The largest absolute Gasteiger partial charge is 0.381 e. The molecule has 0 saturated carbocycles. The van der Waals surface area contributed by atoms with Crippen LogP contribution in [0.15, 0.2) is 24.3 Å². The highest BCUT2D eigenvalue weighted by Crippen LogP contribution is 2.23. The van der Waals surface area contributed by atoms with Gasteiger partial charge in [-0.2, -0.15) is 0 Å². The Balaban J connectivity index is 1.69. The summed E-state index contributed by atoms with van der Waals surface area (Å²) >= 11 is 0. The van der Waals surface area contributed by atoms with Gasteiger partial charge in [-0.15, -0.1) is 0 Å². The minimum Gasteiger partial charge on any atom is -0.381 e. The maximum atomic E-state index is 6.04. The molecule has 1 saturated heterocycles. The van der Waals surface area contributed by atoms with Gasteiger partial charge in [-0.25, -0.2) is 0 Å². The van der Waals surface area contributed by atoms with Crippen molar-refractivity contribution in [2.45, 2.75) is 25.3 Å². The molecule has 0 spiro atoms. The second-order valence-corrected chi connectivity index (χ2v) is 5.73. The summed E-state index contributed by atoms with van der Waals surface area (Å²) in [6.45, 7) is 4.83. The van der Waals surface area contributed by atoms with Crippen molar-refractivity contribution in [1.82, 2.24) is 4.90 Å². The molecule has 2 aliphatic heterocycles. The molecule has 0 aliphatic carbocycles. The second kappa shape index (κ2) is 6.04. The topological polar surface area (TPSA) is 38.5 Å². The highest BCUT2D eigenvalue weighted by molar-refractivity contribution is 5.28. The average molecular weight is 260 g/mol. The van der Waals surface area contributed by atoms with E-state index in [1.807, 2.05) is 0 Å². The van der Waals surface area contributed by atoms with Gasteiger partial charge in [0.05, 0.1) is 6.61 Å². The van der Waals surface area contributed by atoms with Crippen molar-refractivity contribution in [1.29, 1.82) is 0 Å². The minimum absolute atomic E-state index is 0.497. The molecule has 0 amide bonds. The zero-order valence-corrected chi connectivity index (χ0v) is 11.6. The van der Waals surface area contributed by atoms with Gasteiger partial charge < -0.3 is 10.5 Å². The van der Waals surface area contributed by atoms with E-state index >= 15 is 0 Å². The van der Waals surface area contributed by atoms with E-state index in [0.29, 0.717) is 12.0 Å². The van der Waals surface area contributed by atoms with Gasteiger partial charge in [0.15, 0.2) is 0 Å². The lowest BCUT2D eigenvalue weighted by molar-refractivity contribution is 0.125. The third-order valence-electron chi connectivity index (χ3n) is 4.67. The summed E-state index contributed by atoms with van der Waals surface area (Å²) < 4.78 is 5.54. The third kappa shape index (κ3) is 2.83. The molecule has 3 heteroatoms. The highest BCUT2D eigenvalue weighted by atomic mass is 16.5. The van der Waals surface area contributed by atoms with E-state index < -0.39 is 0 Å². The van der Waals surface area contributed by atoms with Gasteiger partial charge in [0.1, 0.15) is 0 Å². The zero-order chi connectivity index (χ0) is 13.1. The van der Waals surface area contributed by atoms with E-state index in [2.05, 4.69) is 29.2 Å². The monoisotopic (exact) mass is 260 g/mol. The molecule has 2 aliphatic rings. The third-order valence-corrected chi connectivity index (χ3v) is 4.67. The standard InChI is InChI=1S/C16H24N2O/c17-11-16(15-7-10-19-12-15)18-8-5-13-3-1-2-4-14(13)6-9-18/h1-4,15-16H,5-12,17H2. The van der Waals surface area contributed by atoms with Crippen LogP contribution in [-0.2, 0) is 17.6 Å². The molecule has 3 rings (SSSR count). The average Bonchev–Trinajstić information content (AvgIpc) is 2.88. The molecule has 1 fully saturated rings. The van der Waals surface area contributed by atoms with Crippen LogP contribution >= 0.6 is 0 Å². The first-order valence-corrected chi connectivity index (χ1v) is 7.47. The van der Waals surface area contributed by atoms with Gasteiger partial charge in [-0.05, 0) is 30.4 Å². The molecule has 104 valence electrons. The molecule has 3 nitrogen and oxygen atoms in total. The normalized spacial score (nSPS) is 25.8. The first-order valence-electron chi connectivity index (χ1n) is 7.47. The van der Waals surface area contributed by atoms with E-state index in [1.165, 1.54) is 17.5 Å². The summed E-state index contributed by atoms with van der Waals surface area (Å²) in [5.74, 6) is 0.631. The van der Waals surface area contributed by atoms with Crippen LogP contribution in [0.4, 0.5) is 0 Å². The Morgan fingerprint density at radius 1 is 1.21 bits per heavy atom. The van der Waals surface area contributed by atoms with Crippen LogP contribution in [-0.4, -0.2) is 43.8 Å². The van der Waals surface area contributed by atoms with E-state index in [4.69, 9.17) is 10.5 Å². The first-order chi connectivity index (χ1) is 9.38. The predicted octanol–water partition coefficient (Wildman–Crippen LogP) is 1.45. The first kappa shape index (κ1) is 13.1. The Hall–Kier alpha value is -0.900. The van der Waals surface area contributed by atoms with Gasteiger partial charge in [0.2, 0.25) is 0 Å². The Morgan fingerprint density at radius 2 is 1.89 bits per heavy atom. The molecular formula is C16H24N2O. The van der Waals surface area contributed by atoms with Crippen LogP contribution in [0.25, 0.3) is 0 Å². The number of hydrogen-bond acceptors (Lipinski definition) is 3. The fourth-order valence-electron chi connectivity index (χ4n) is 3.51. The summed E-state index contributed by atoms with van der Waals surface area (Å²) in [6, 6.07) is 9.35. The molecule has 1 aromatic carbocycles. The number of benzene rings is 1. The molecule has 2 unspecified atom stereocenters. The van der Waals surface area contributed by atoms with Crippen molar-refractivity contribution in [2.75, 3.05) is 32.8 Å². The lowest BCUT2D eigenvalue weighted by atomic mass is 9.97. The quantitative estimate of drug-likeness (QED) is 0.894. The van der Waals surface area contributed by atoms with E-state index in [0.717, 1.165) is 45.7 Å². The van der Waals surface area contributed by atoms with Crippen molar-refractivity contribution in [3.05, 3.63) is 35.4 Å². The number of fused-ring (bicyclic) bond motifs is 1. The smallest absolute Gasteiger partial charge is 0.0510 e. The van der Waals surface area contributed by atoms with Crippen LogP contribution in [0.2, 0.25) is 0 Å². The van der Waals surface area contributed by atoms with Gasteiger partial charge in [-0.3, -0.25) is 4.90 Å². The lowest BCUT2D eigenvalue weighted by Gasteiger charge is -2.33. The van der Waals surface area contributed by atoms with Gasteiger partial charge in [-0.1, -0.05) is 24.3 Å². The van der Waals surface area contributed by atoms with E-state index in [1.54, 1.807) is 0 Å². The number of rotatable bonds is 3. The van der Waals surface area contributed by atoms with Crippen LogP contribution < -0.4 is 5.73 Å². The zero-order valence-electron chi connectivity index (χ0n) is 11.6. The van der Waals surface area contributed by atoms with Gasteiger partial charge >= 0.3 is 0 Å². The molecule has 0 bridgehead atoms. The number of ether oxygens (including phenoxy) is 1. The van der Waals surface area contributed by atoms with Crippen molar-refractivity contribution in [3.8, 4) is 0 Å². The Kier molecular flexibility index (Phi) is 4.16. The Bertz CT molecular complexity index is 388. The molecule has 1 aromatic rings. The Morgan fingerprint density at radius 3 is 2.42 bits per heavy atom.